The molecule has 1 heterocycles. The van der Waals surface area contributed by atoms with Crippen molar-refractivity contribution in [1.82, 2.24) is 15.7 Å². The van der Waals surface area contributed by atoms with E-state index in [0.29, 0.717) is 0 Å². The van der Waals surface area contributed by atoms with Crippen LogP contribution < -0.4 is 10.8 Å². The molecule has 2 atom stereocenters. The molecule has 1 saturated heterocycles. The first-order valence-corrected chi connectivity index (χ1v) is 6.47. The number of hydroxylamine groups is 1. The van der Waals surface area contributed by atoms with Crippen molar-refractivity contribution in [3.05, 3.63) is 35.4 Å². The molecule has 1 aliphatic rings. The van der Waals surface area contributed by atoms with Crippen LogP contribution in [0, 0.1) is 6.92 Å². The van der Waals surface area contributed by atoms with Crippen molar-refractivity contribution < 1.29 is 14.8 Å². The average Bonchev–Trinajstić information content (AvgIpc) is 2.75. The lowest BCUT2D eigenvalue weighted by atomic mass is 9.91. The van der Waals surface area contributed by atoms with Crippen molar-refractivity contribution in [3.8, 4) is 0 Å². The number of aryl methyl sites for hydroxylation is 1. The predicted molar refractivity (Wildman–Crippen MR) is 72.8 cm³/mol. The third kappa shape index (κ3) is 2.28. The second kappa shape index (κ2) is 5.22. The summed E-state index contributed by atoms with van der Waals surface area (Å²) in [7, 11) is 0. The Bertz CT molecular complexity index is 529. The van der Waals surface area contributed by atoms with E-state index in [0.717, 1.165) is 11.1 Å². The number of hydrogen-bond acceptors (Lipinski definition) is 4. The highest BCUT2D eigenvalue weighted by Crippen LogP contribution is 2.29. The minimum atomic E-state index is -0.850. The first-order chi connectivity index (χ1) is 9.40. The lowest BCUT2D eigenvalue weighted by molar-refractivity contribution is -0.143. The van der Waals surface area contributed by atoms with E-state index < -0.39 is 17.5 Å². The van der Waals surface area contributed by atoms with Gasteiger partial charge in [0.15, 0.2) is 0 Å². The molecule has 0 saturated carbocycles. The number of amides is 2. The van der Waals surface area contributed by atoms with E-state index in [1.54, 1.807) is 19.3 Å². The molecule has 2 amide bonds. The minimum Gasteiger partial charge on any atom is -0.316 e. The molecule has 1 unspecified atom stereocenters. The largest absolute Gasteiger partial charge is 0.316 e. The van der Waals surface area contributed by atoms with Gasteiger partial charge in [-0.1, -0.05) is 29.8 Å². The molecule has 1 aliphatic heterocycles. The second-order valence-corrected chi connectivity index (χ2v) is 5.25. The average molecular weight is 277 g/mol. The normalized spacial score (nSPS) is 23.8. The molecule has 1 aromatic carbocycles. The maximum Gasteiger partial charge on any atom is 0.265 e. The van der Waals surface area contributed by atoms with E-state index in [9.17, 15) is 9.59 Å². The number of nitrogens with one attached hydrogen (secondary N) is 2. The number of carbonyl (C=O) groups excluding carboxylic acids is 2. The maximum atomic E-state index is 12.6. The quantitative estimate of drug-likeness (QED) is 0.555. The van der Waals surface area contributed by atoms with Crippen LogP contribution in [0.4, 0.5) is 0 Å². The molecule has 0 aromatic heterocycles. The Kier molecular flexibility index (Phi) is 3.78. The molecule has 2 rings (SSSR count). The van der Waals surface area contributed by atoms with Gasteiger partial charge in [0.1, 0.15) is 11.6 Å². The second-order valence-electron chi connectivity index (χ2n) is 5.25. The number of carbonyl (C=O) groups is 2. The topological polar surface area (TPSA) is 81.7 Å². The number of nitrogens with zero attached hydrogens (tertiary/aromatic N) is 1. The highest BCUT2D eigenvalue weighted by atomic mass is 16.5. The first kappa shape index (κ1) is 14.5. The fourth-order valence-corrected chi connectivity index (χ4v) is 2.34. The van der Waals surface area contributed by atoms with Gasteiger partial charge in [-0.05, 0) is 26.3 Å². The molecule has 0 bridgehead atoms. The number of hydrogen-bond donors (Lipinski definition) is 3. The summed E-state index contributed by atoms with van der Waals surface area (Å²) < 4.78 is 0. The summed E-state index contributed by atoms with van der Waals surface area (Å²) in [6.07, 6.45) is 0. The standard InChI is InChI=1S/C14H19N3O3/c1-9-4-6-11(7-5-9)14(3)13(19)17(8-15-14)10(2)12(18)16-20/h4-7,10,15,20H,8H2,1-3H3,(H,16,18)/t10-,14?/m1/s1. The van der Waals surface area contributed by atoms with Crippen molar-refractivity contribution in [1.29, 1.82) is 0 Å². The van der Waals surface area contributed by atoms with Crippen LogP contribution in [0.3, 0.4) is 0 Å². The van der Waals surface area contributed by atoms with Gasteiger partial charge in [-0.15, -0.1) is 0 Å². The zero-order valence-corrected chi connectivity index (χ0v) is 11.8. The summed E-state index contributed by atoms with van der Waals surface area (Å²) in [4.78, 5) is 25.4. The van der Waals surface area contributed by atoms with Crippen LogP contribution >= 0.6 is 0 Å². The molecule has 0 spiro atoms. The van der Waals surface area contributed by atoms with Gasteiger partial charge >= 0.3 is 0 Å². The Balaban J connectivity index is 2.26. The van der Waals surface area contributed by atoms with E-state index in [1.807, 2.05) is 31.2 Å². The fourth-order valence-electron chi connectivity index (χ4n) is 2.34. The molecule has 6 nitrogen and oxygen atoms in total. The SMILES string of the molecule is Cc1ccc(C2(C)NCN([C@H](C)C(=O)NO)C2=O)cc1. The summed E-state index contributed by atoms with van der Waals surface area (Å²) in [6, 6.07) is 6.97. The fraction of sp³-hybridized carbons (Fsp3) is 0.429. The zero-order valence-electron chi connectivity index (χ0n) is 11.8. The van der Waals surface area contributed by atoms with Crippen LogP contribution in [-0.4, -0.2) is 34.6 Å². The lowest BCUT2D eigenvalue weighted by Gasteiger charge is -2.25. The van der Waals surface area contributed by atoms with Crippen LogP contribution in [0.25, 0.3) is 0 Å². The number of rotatable bonds is 3. The van der Waals surface area contributed by atoms with Crippen molar-refractivity contribution in [2.45, 2.75) is 32.4 Å². The van der Waals surface area contributed by atoms with E-state index in [2.05, 4.69) is 5.32 Å². The lowest BCUT2D eigenvalue weighted by Crippen LogP contribution is -2.47. The summed E-state index contributed by atoms with van der Waals surface area (Å²) in [6.45, 7) is 5.61. The summed E-state index contributed by atoms with van der Waals surface area (Å²) in [5.74, 6) is -0.786. The molecule has 108 valence electrons. The van der Waals surface area contributed by atoms with Gasteiger partial charge in [0.25, 0.3) is 5.91 Å². The summed E-state index contributed by atoms with van der Waals surface area (Å²) >= 11 is 0. The highest BCUT2D eigenvalue weighted by Gasteiger charge is 2.46. The molecular formula is C14H19N3O3. The highest BCUT2D eigenvalue weighted by molar-refractivity contribution is 5.93. The van der Waals surface area contributed by atoms with E-state index in [4.69, 9.17) is 5.21 Å². The van der Waals surface area contributed by atoms with Gasteiger partial charge in [-0.25, -0.2) is 5.48 Å². The van der Waals surface area contributed by atoms with Gasteiger partial charge in [0.05, 0.1) is 6.67 Å². The molecule has 1 aromatic rings. The van der Waals surface area contributed by atoms with Crippen LogP contribution in [0.1, 0.15) is 25.0 Å². The molecule has 6 heteroatoms. The smallest absolute Gasteiger partial charge is 0.265 e. The molecule has 3 N–H and O–H groups in total. The molecule has 20 heavy (non-hydrogen) atoms. The third-order valence-corrected chi connectivity index (χ3v) is 3.88. The molecule has 0 radical (unpaired) electrons. The van der Waals surface area contributed by atoms with Gasteiger partial charge in [0.2, 0.25) is 5.91 Å². The monoisotopic (exact) mass is 277 g/mol. The van der Waals surface area contributed by atoms with Crippen LogP contribution in [0.2, 0.25) is 0 Å². The Morgan fingerprint density at radius 1 is 1.45 bits per heavy atom. The van der Waals surface area contributed by atoms with Crippen LogP contribution in [-0.2, 0) is 15.1 Å². The maximum absolute atomic E-state index is 12.6. The Hall–Kier alpha value is -1.92. The van der Waals surface area contributed by atoms with Gasteiger partial charge < -0.3 is 4.90 Å². The van der Waals surface area contributed by atoms with Gasteiger partial charge in [-0.3, -0.25) is 20.1 Å². The summed E-state index contributed by atoms with van der Waals surface area (Å²) in [5.41, 5.74) is 2.70. The van der Waals surface area contributed by atoms with E-state index in [-0.39, 0.29) is 12.6 Å². The zero-order chi connectivity index (χ0) is 14.9. The van der Waals surface area contributed by atoms with Crippen LogP contribution in [0.15, 0.2) is 24.3 Å². The van der Waals surface area contributed by atoms with Gasteiger partial charge in [0, 0.05) is 0 Å². The van der Waals surface area contributed by atoms with Crippen molar-refractivity contribution in [2.24, 2.45) is 0 Å². The van der Waals surface area contributed by atoms with E-state index >= 15 is 0 Å². The van der Waals surface area contributed by atoms with Crippen molar-refractivity contribution >= 4 is 11.8 Å². The van der Waals surface area contributed by atoms with Crippen LogP contribution in [0.5, 0.6) is 0 Å². The predicted octanol–water partition coefficient (Wildman–Crippen LogP) is 0.493. The van der Waals surface area contributed by atoms with Gasteiger partial charge in [-0.2, -0.15) is 0 Å². The van der Waals surface area contributed by atoms with Crippen molar-refractivity contribution in [2.75, 3.05) is 6.67 Å². The Labute approximate surface area is 117 Å². The third-order valence-electron chi connectivity index (χ3n) is 3.88. The number of benzene rings is 1. The molecule has 1 fully saturated rings. The molecular weight excluding hydrogens is 258 g/mol. The minimum absolute atomic E-state index is 0.183. The summed E-state index contributed by atoms with van der Waals surface area (Å²) in [5, 5.41) is 11.8. The molecule has 0 aliphatic carbocycles. The van der Waals surface area contributed by atoms with E-state index in [1.165, 1.54) is 4.90 Å². The first-order valence-electron chi connectivity index (χ1n) is 6.47. The Morgan fingerprint density at radius 2 is 2.05 bits per heavy atom. The van der Waals surface area contributed by atoms with Crippen molar-refractivity contribution in [3.63, 3.8) is 0 Å². The Morgan fingerprint density at radius 3 is 2.60 bits per heavy atom.